The number of ether oxygens (including phenoxy) is 2. The SMILES string of the molecule is CC(C)=CCC[C@@]1(C)O[C@@H]1COC(=O)c1ccccc1. The highest BCUT2D eigenvalue weighted by molar-refractivity contribution is 5.89. The Morgan fingerprint density at radius 1 is 1.35 bits per heavy atom. The van der Waals surface area contributed by atoms with Gasteiger partial charge in [-0.25, -0.2) is 4.79 Å². The molecule has 0 radical (unpaired) electrons. The van der Waals surface area contributed by atoms with Crippen LogP contribution >= 0.6 is 0 Å². The Balaban J connectivity index is 1.74. The zero-order valence-corrected chi connectivity index (χ0v) is 12.4. The molecule has 0 amide bonds. The molecular formula is C17H22O3. The zero-order valence-electron chi connectivity index (χ0n) is 12.4. The molecular weight excluding hydrogens is 252 g/mol. The minimum absolute atomic E-state index is 0.0284. The van der Waals surface area contributed by atoms with Crippen LogP contribution in [0.5, 0.6) is 0 Å². The third-order valence-corrected chi connectivity index (χ3v) is 3.60. The van der Waals surface area contributed by atoms with Crippen LogP contribution in [0.3, 0.4) is 0 Å². The average molecular weight is 274 g/mol. The van der Waals surface area contributed by atoms with Crippen LogP contribution in [-0.4, -0.2) is 24.3 Å². The van der Waals surface area contributed by atoms with Gasteiger partial charge in [-0.15, -0.1) is 0 Å². The van der Waals surface area contributed by atoms with Crippen molar-refractivity contribution in [2.45, 2.75) is 45.3 Å². The summed E-state index contributed by atoms with van der Waals surface area (Å²) in [6, 6.07) is 9.04. The highest BCUT2D eigenvalue weighted by atomic mass is 16.6. The summed E-state index contributed by atoms with van der Waals surface area (Å²) in [6.07, 6.45) is 4.20. The largest absolute Gasteiger partial charge is 0.459 e. The standard InChI is InChI=1S/C17H22O3/c1-13(2)8-7-11-17(3)15(20-17)12-19-16(18)14-9-5-4-6-10-14/h4-6,8-10,15H,7,11-12H2,1-3H3/t15-,17-/m1/s1. The monoisotopic (exact) mass is 274 g/mol. The molecule has 1 aliphatic rings. The molecule has 20 heavy (non-hydrogen) atoms. The third kappa shape index (κ3) is 3.94. The maximum Gasteiger partial charge on any atom is 0.338 e. The van der Waals surface area contributed by atoms with Crippen molar-refractivity contribution in [2.24, 2.45) is 0 Å². The van der Waals surface area contributed by atoms with Crippen LogP contribution in [0, 0.1) is 0 Å². The lowest BCUT2D eigenvalue weighted by atomic mass is 10.0. The van der Waals surface area contributed by atoms with E-state index in [-0.39, 0.29) is 17.7 Å². The fraction of sp³-hybridized carbons (Fsp3) is 0.471. The summed E-state index contributed by atoms with van der Waals surface area (Å²) in [7, 11) is 0. The minimum Gasteiger partial charge on any atom is -0.459 e. The molecule has 3 nitrogen and oxygen atoms in total. The Morgan fingerprint density at radius 3 is 2.70 bits per heavy atom. The second kappa shape index (κ2) is 6.23. The molecule has 1 fully saturated rings. The summed E-state index contributed by atoms with van der Waals surface area (Å²) >= 11 is 0. The number of carbonyl (C=O) groups excluding carboxylic acids is 1. The molecule has 0 bridgehead atoms. The van der Waals surface area contributed by atoms with Crippen molar-refractivity contribution in [1.29, 1.82) is 0 Å². The Bertz CT molecular complexity index is 488. The number of rotatable bonds is 6. The molecule has 0 aliphatic carbocycles. The van der Waals surface area contributed by atoms with Gasteiger partial charge in [-0.1, -0.05) is 29.8 Å². The number of benzene rings is 1. The van der Waals surface area contributed by atoms with E-state index in [4.69, 9.17) is 9.47 Å². The summed E-state index contributed by atoms with van der Waals surface area (Å²) in [5.74, 6) is -0.284. The van der Waals surface area contributed by atoms with Gasteiger partial charge in [0.2, 0.25) is 0 Å². The van der Waals surface area contributed by atoms with Crippen LogP contribution in [-0.2, 0) is 9.47 Å². The van der Waals surface area contributed by atoms with E-state index in [9.17, 15) is 4.79 Å². The number of epoxide rings is 1. The summed E-state index contributed by atoms with van der Waals surface area (Å²) in [5.41, 5.74) is 1.77. The van der Waals surface area contributed by atoms with Crippen LogP contribution in [0.4, 0.5) is 0 Å². The van der Waals surface area contributed by atoms with Crippen molar-refractivity contribution in [2.75, 3.05) is 6.61 Å². The molecule has 1 aliphatic heterocycles. The van der Waals surface area contributed by atoms with Crippen LogP contribution in [0.2, 0.25) is 0 Å². The number of hydrogen-bond acceptors (Lipinski definition) is 3. The number of carbonyl (C=O) groups is 1. The smallest absolute Gasteiger partial charge is 0.338 e. The fourth-order valence-corrected chi connectivity index (χ4v) is 2.18. The van der Waals surface area contributed by atoms with Gasteiger partial charge in [0.1, 0.15) is 12.7 Å². The average Bonchev–Trinajstić information content (AvgIpc) is 3.07. The van der Waals surface area contributed by atoms with Crippen molar-refractivity contribution in [3.05, 3.63) is 47.5 Å². The van der Waals surface area contributed by atoms with Gasteiger partial charge in [-0.05, 0) is 45.7 Å². The molecule has 2 rings (SSSR count). The van der Waals surface area contributed by atoms with E-state index >= 15 is 0 Å². The lowest BCUT2D eigenvalue weighted by molar-refractivity contribution is 0.0476. The molecule has 1 aromatic rings. The Hall–Kier alpha value is -1.61. The maximum atomic E-state index is 11.8. The molecule has 0 aromatic heterocycles. The Morgan fingerprint density at radius 2 is 2.05 bits per heavy atom. The third-order valence-electron chi connectivity index (χ3n) is 3.60. The normalized spacial score (nSPS) is 24.1. The second-order valence-corrected chi connectivity index (χ2v) is 5.70. The van der Waals surface area contributed by atoms with Gasteiger partial charge in [0.05, 0.1) is 11.2 Å². The quantitative estimate of drug-likeness (QED) is 0.450. The van der Waals surface area contributed by atoms with Gasteiger partial charge >= 0.3 is 5.97 Å². The molecule has 0 unspecified atom stereocenters. The molecule has 0 N–H and O–H groups in total. The maximum absolute atomic E-state index is 11.8. The van der Waals surface area contributed by atoms with E-state index in [0.717, 1.165) is 12.8 Å². The summed E-state index contributed by atoms with van der Waals surface area (Å²) in [5, 5.41) is 0. The first-order valence-electron chi connectivity index (χ1n) is 7.04. The topological polar surface area (TPSA) is 38.8 Å². The van der Waals surface area contributed by atoms with E-state index in [1.54, 1.807) is 12.1 Å². The molecule has 108 valence electrons. The van der Waals surface area contributed by atoms with Crippen LogP contribution in [0.15, 0.2) is 42.0 Å². The molecule has 3 heteroatoms. The minimum atomic E-state index is -0.284. The lowest BCUT2D eigenvalue weighted by Crippen LogP contribution is -2.17. The van der Waals surface area contributed by atoms with Gasteiger partial charge in [-0.3, -0.25) is 0 Å². The first-order chi connectivity index (χ1) is 9.51. The van der Waals surface area contributed by atoms with Crippen molar-refractivity contribution in [1.82, 2.24) is 0 Å². The first kappa shape index (κ1) is 14.8. The zero-order chi connectivity index (χ0) is 14.6. The highest BCUT2D eigenvalue weighted by Crippen LogP contribution is 2.40. The van der Waals surface area contributed by atoms with E-state index in [2.05, 4.69) is 26.8 Å². The first-order valence-corrected chi connectivity index (χ1v) is 7.04. The van der Waals surface area contributed by atoms with E-state index < -0.39 is 0 Å². The van der Waals surface area contributed by atoms with Crippen molar-refractivity contribution in [3.63, 3.8) is 0 Å². The van der Waals surface area contributed by atoms with Gasteiger partial charge < -0.3 is 9.47 Å². The molecule has 0 saturated carbocycles. The van der Waals surface area contributed by atoms with Crippen LogP contribution in [0.25, 0.3) is 0 Å². The highest BCUT2D eigenvalue weighted by Gasteiger charge is 2.52. The van der Waals surface area contributed by atoms with Gasteiger partial charge in [0, 0.05) is 0 Å². The molecule has 1 aromatic carbocycles. The molecule has 1 heterocycles. The van der Waals surface area contributed by atoms with Gasteiger partial charge in [0.15, 0.2) is 0 Å². The number of hydrogen-bond donors (Lipinski definition) is 0. The van der Waals surface area contributed by atoms with Crippen molar-refractivity contribution in [3.8, 4) is 0 Å². The molecule has 2 atom stereocenters. The summed E-state index contributed by atoms with van der Waals surface area (Å²) < 4.78 is 11.0. The summed E-state index contributed by atoms with van der Waals surface area (Å²) in [6.45, 7) is 6.59. The molecule has 1 saturated heterocycles. The van der Waals surface area contributed by atoms with Crippen LogP contribution < -0.4 is 0 Å². The number of allylic oxidation sites excluding steroid dienone is 2. The Labute approximate surface area is 120 Å². The van der Waals surface area contributed by atoms with E-state index in [0.29, 0.717) is 12.2 Å². The Kier molecular flexibility index (Phi) is 4.61. The van der Waals surface area contributed by atoms with Crippen LogP contribution in [0.1, 0.15) is 44.0 Å². The predicted octanol–water partition coefficient (Wildman–Crippen LogP) is 3.75. The predicted molar refractivity (Wildman–Crippen MR) is 78.7 cm³/mol. The van der Waals surface area contributed by atoms with Gasteiger partial charge in [-0.2, -0.15) is 0 Å². The second-order valence-electron chi connectivity index (χ2n) is 5.70. The van der Waals surface area contributed by atoms with Crippen molar-refractivity contribution < 1.29 is 14.3 Å². The fourth-order valence-electron chi connectivity index (χ4n) is 2.18. The van der Waals surface area contributed by atoms with Crippen molar-refractivity contribution >= 4 is 5.97 Å². The number of esters is 1. The molecule has 0 spiro atoms. The van der Waals surface area contributed by atoms with Gasteiger partial charge in [0.25, 0.3) is 0 Å². The van der Waals surface area contributed by atoms with E-state index in [1.165, 1.54) is 5.57 Å². The lowest BCUT2D eigenvalue weighted by Gasteiger charge is -2.06. The summed E-state index contributed by atoms with van der Waals surface area (Å²) in [4.78, 5) is 11.8. The van der Waals surface area contributed by atoms with E-state index in [1.807, 2.05) is 18.2 Å².